The molecule has 3 rings (SSSR count). The van der Waals surface area contributed by atoms with E-state index in [4.69, 9.17) is 9.47 Å². The van der Waals surface area contributed by atoms with Crippen molar-refractivity contribution in [1.82, 2.24) is 5.43 Å². The van der Waals surface area contributed by atoms with E-state index in [-0.39, 0.29) is 12.5 Å². The van der Waals surface area contributed by atoms with Crippen molar-refractivity contribution in [3.05, 3.63) is 58.6 Å². The fourth-order valence-electron chi connectivity index (χ4n) is 1.97. The molecule has 2 aromatic carbocycles. The number of halogens is 1. The third kappa shape index (κ3) is 3.28. The van der Waals surface area contributed by atoms with Crippen molar-refractivity contribution in [2.75, 3.05) is 6.61 Å². The van der Waals surface area contributed by atoms with Gasteiger partial charge in [-0.3, -0.25) is 4.79 Å². The van der Waals surface area contributed by atoms with E-state index in [1.807, 2.05) is 36.4 Å². The maximum Gasteiger partial charge on any atom is 0.284 e. The summed E-state index contributed by atoms with van der Waals surface area (Å²) >= 11 is 3.41. The van der Waals surface area contributed by atoms with Crippen LogP contribution in [0.4, 0.5) is 0 Å². The first-order valence-corrected chi connectivity index (χ1v) is 7.49. The van der Waals surface area contributed by atoms with Gasteiger partial charge < -0.3 is 9.47 Å². The highest BCUT2D eigenvalue weighted by Gasteiger charge is 2.26. The molecule has 1 aliphatic heterocycles. The number of hydrogen-bond acceptors (Lipinski definition) is 4. The second kappa shape index (κ2) is 6.62. The molecule has 1 atom stereocenters. The summed E-state index contributed by atoms with van der Waals surface area (Å²) in [4.78, 5) is 12.0. The van der Waals surface area contributed by atoms with Crippen molar-refractivity contribution >= 4 is 28.1 Å². The number of nitrogens with one attached hydrogen (secondary N) is 1. The van der Waals surface area contributed by atoms with Gasteiger partial charge in [0.1, 0.15) is 6.61 Å². The molecule has 1 amide bonds. The van der Waals surface area contributed by atoms with Crippen molar-refractivity contribution < 1.29 is 14.3 Å². The van der Waals surface area contributed by atoms with Gasteiger partial charge in [0.2, 0.25) is 6.10 Å². The number of carbonyl (C=O) groups is 1. The van der Waals surface area contributed by atoms with Gasteiger partial charge in [0.15, 0.2) is 11.5 Å². The van der Waals surface area contributed by atoms with E-state index in [9.17, 15) is 4.79 Å². The van der Waals surface area contributed by atoms with Crippen LogP contribution >= 0.6 is 15.9 Å². The molecule has 0 aliphatic carbocycles. The van der Waals surface area contributed by atoms with Crippen LogP contribution < -0.4 is 14.9 Å². The molecular weight excluding hydrogens is 348 g/mol. The second-order valence-electron chi connectivity index (χ2n) is 4.62. The molecule has 5 nitrogen and oxygen atoms in total. The molecule has 0 fully saturated rings. The number of para-hydroxylation sites is 2. The zero-order valence-electron chi connectivity index (χ0n) is 11.5. The molecular formula is C16H13BrN2O3. The average Bonchev–Trinajstić information content (AvgIpc) is 2.56. The molecule has 0 aromatic heterocycles. The first kappa shape index (κ1) is 14.6. The average molecular weight is 361 g/mol. The van der Waals surface area contributed by atoms with Crippen LogP contribution in [-0.2, 0) is 4.79 Å². The summed E-state index contributed by atoms with van der Waals surface area (Å²) in [5.74, 6) is 0.852. The van der Waals surface area contributed by atoms with Crippen LogP contribution in [0, 0.1) is 0 Å². The van der Waals surface area contributed by atoms with Crippen molar-refractivity contribution in [2.24, 2.45) is 5.10 Å². The highest BCUT2D eigenvalue weighted by atomic mass is 79.9. The molecule has 0 radical (unpaired) electrons. The van der Waals surface area contributed by atoms with Crippen LogP contribution in [0.2, 0.25) is 0 Å². The normalized spacial score (nSPS) is 16.5. The first-order chi connectivity index (χ1) is 10.7. The number of amides is 1. The molecule has 0 saturated heterocycles. The van der Waals surface area contributed by atoms with Gasteiger partial charge in [-0.1, -0.05) is 46.3 Å². The number of hydrazone groups is 1. The smallest absolute Gasteiger partial charge is 0.284 e. The largest absolute Gasteiger partial charge is 0.485 e. The third-order valence-corrected chi connectivity index (χ3v) is 3.81. The van der Waals surface area contributed by atoms with Gasteiger partial charge in [0, 0.05) is 10.0 Å². The number of ether oxygens (including phenoxy) is 2. The molecule has 2 aromatic rings. The molecule has 0 bridgehead atoms. The summed E-state index contributed by atoms with van der Waals surface area (Å²) in [6.07, 6.45) is 0.853. The fourth-order valence-corrected chi connectivity index (χ4v) is 2.35. The summed E-state index contributed by atoms with van der Waals surface area (Å²) in [6.45, 7) is 0.160. The Balaban J connectivity index is 1.60. The highest BCUT2D eigenvalue weighted by Crippen LogP contribution is 2.30. The minimum atomic E-state index is -0.716. The predicted octanol–water partition coefficient (Wildman–Crippen LogP) is 2.74. The minimum absolute atomic E-state index is 0.160. The van der Waals surface area contributed by atoms with E-state index in [0.717, 1.165) is 10.0 Å². The van der Waals surface area contributed by atoms with Gasteiger partial charge >= 0.3 is 0 Å². The van der Waals surface area contributed by atoms with Gasteiger partial charge in [-0.15, -0.1) is 0 Å². The Labute approximate surface area is 136 Å². The fraction of sp³-hybridized carbons (Fsp3) is 0.125. The van der Waals surface area contributed by atoms with Crippen LogP contribution in [0.15, 0.2) is 58.1 Å². The monoisotopic (exact) mass is 360 g/mol. The Hall–Kier alpha value is -2.34. The summed E-state index contributed by atoms with van der Waals surface area (Å²) in [5.41, 5.74) is 3.33. The van der Waals surface area contributed by atoms with Gasteiger partial charge in [-0.25, -0.2) is 5.43 Å². The molecule has 1 heterocycles. The summed E-state index contributed by atoms with van der Waals surface area (Å²) < 4.78 is 12.0. The number of rotatable bonds is 3. The number of nitrogens with zero attached hydrogens (tertiary/aromatic N) is 1. The van der Waals surface area contributed by atoms with E-state index < -0.39 is 6.10 Å². The molecule has 0 saturated carbocycles. The van der Waals surface area contributed by atoms with Crippen LogP contribution in [0.1, 0.15) is 5.56 Å². The standard InChI is InChI=1S/C16H13BrN2O3/c17-12-6-2-1-5-11(12)9-18-19-16(20)15-10-21-13-7-3-4-8-14(13)22-15/h1-9,15H,10H2,(H,19,20)/b18-9-/t15-/m1/s1. The van der Waals surface area contributed by atoms with E-state index in [0.29, 0.717) is 11.5 Å². The van der Waals surface area contributed by atoms with Crippen LogP contribution in [-0.4, -0.2) is 24.8 Å². The van der Waals surface area contributed by atoms with E-state index in [1.165, 1.54) is 0 Å². The number of fused-ring (bicyclic) bond motifs is 1. The van der Waals surface area contributed by atoms with Crippen molar-refractivity contribution in [3.63, 3.8) is 0 Å². The Morgan fingerprint density at radius 2 is 1.91 bits per heavy atom. The second-order valence-corrected chi connectivity index (χ2v) is 5.47. The van der Waals surface area contributed by atoms with Crippen LogP contribution in [0.3, 0.4) is 0 Å². The maximum absolute atomic E-state index is 12.0. The summed E-state index contributed by atoms with van der Waals surface area (Å²) in [5, 5.41) is 3.94. The Morgan fingerprint density at radius 1 is 1.18 bits per heavy atom. The Kier molecular flexibility index (Phi) is 4.39. The van der Waals surface area contributed by atoms with Gasteiger partial charge in [-0.2, -0.15) is 5.10 Å². The van der Waals surface area contributed by atoms with Crippen molar-refractivity contribution in [1.29, 1.82) is 0 Å². The lowest BCUT2D eigenvalue weighted by Crippen LogP contribution is -2.42. The molecule has 22 heavy (non-hydrogen) atoms. The maximum atomic E-state index is 12.0. The SMILES string of the molecule is O=C(N/N=C\c1ccccc1Br)[C@H]1COc2ccccc2O1. The summed E-state index contributed by atoms with van der Waals surface area (Å²) in [7, 11) is 0. The van der Waals surface area contributed by atoms with Crippen LogP contribution in [0.5, 0.6) is 11.5 Å². The van der Waals surface area contributed by atoms with Crippen molar-refractivity contribution in [2.45, 2.75) is 6.10 Å². The lowest BCUT2D eigenvalue weighted by molar-refractivity contribution is -0.130. The van der Waals surface area contributed by atoms with Crippen molar-refractivity contribution in [3.8, 4) is 11.5 Å². The predicted molar refractivity (Wildman–Crippen MR) is 86.2 cm³/mol. The first-order valence-electron chi connectivity index (χ1n) is 6.70. The lowest BCUT2D eigenvalue weighted by atomic mass is 10.2. The lowest BCUT2D eigenvalue weighted by Gasteiger charge is -2.24. The van der Waals surface area contributed by atoms with E-state index >= 15 is 0 Å². The molecule has 112 valence electrons. The zero-order chi connectivity index (χ0) is 15.4. The third-order valence-electron chi connectivity index (χ3n) is 3.08. The van der Waals surface area contributed by atoms with Crippen LogP contribution in [0.25, 0.3) is 0 Å². The molecule has 0 spiro atoms. The van der Waals surface area contributed by atoms with Gasteiger partial charge in [0.25, 0.3) is 5.91 Å². The zero-order valence-corrected chi connectivity index (χ0v) is 13.1. The number of benzene rings is 2. The van der Waals surface area contributed by atoms with E-state index in [1.54, 1.807) is 18.3 Å². The summed E-state index contributed by atoms with van der Waals surface area (Å²) in [6, 6.07) is 14.8. The minimum Gasteiger partial charge on any atom is -0.485 e. The molecule has 1 N–H and O–H groups in total. The number of hydrogen-bond donors (Lipinski definition) is 1. The Bertz CT molecular complexity index is 718. The Morgan fingerprint density at radius 3 is 2.73 bits per heavy atom. The molecule has 6 heteroatoms. The topological polar surface area (TPSA) is 59.9 Å². The van der Waals surface area contributed by atoms with E-state index in [2.05, 4.69) is 26.5 Å². The highest BCUT2D eigenvalue weighted by molar-refractivity contribution is 9.10. The van der Waals surface area contributed by atoms with Gasteiger partial charge in [-0.05, 0) is 18.2 Å². The van der Waals surface area contributed by atoms with Gasteiger partial charge in [0.05, 0.1) is 6.21 Å². The quantitative estimate of drug-likeness (QED) is 0.676. The number of carbonyl (C=O) groups excluding carboxylic acids is 1. The molecule has 0 unspecified atom stereocenters. The molecule has 1 aliphatic rings.